The molecule has 2 saturated heterocycles. The number of nitrogen functional groups attached to an aromatic ring is 1. The van der Waals surface area contributed by atoms with Crippen molar-refractivity contribution in [3.63, 3.8) is 0 Å². The van der Waals surface area contributed by atoms with Gasteiger partial charge in [-0.15, -0.1) is 20.8 Å². The van der Waals surface area contributed by atoms with Crippen molar-refractivity contribution in [1.82, 2.24) is 19.4 Å². The number of nitrogens with one attached hydrogen (secondary N) is 1. The van der Waals surface area contributed by atoms with E-state index in [1.807, 2.05) is 23.1 Å². The van der Waals surface area contributed by atoms with Gasteiger partial charge in [0, 0.05) is 46.4 Å². The SMILES string of the molecule is COc1cc(OC)c(OC[C@H]2O[C@@H](n3ccc(N)nc3=O)[C@H](O)[C@@H]2O[P+](=O)O)cc1Nc1nc(-c2ccc3c(c2)OCCO3)c(CC(=O)N2CCCC2)s1. The fraction of sp³-hybridized carbons (Fsp3) is 0.412. The summed E-state index contributed by atoms with van der Waals surface area (Å²) in [6.07, 6.45) is -1.99. The minimum absolute atomic E-state index is 0.0197. The van der Waals surface area contributed by atoms with Crippen LogP contribution in [-0.2, 0) is 25.0 Å². The van der Waals surface area contributed by atoms with Crippen LogP contribution in [-0.4, -0.2) is 101 Å². The van der Waals surface area contributed by atoms with Gasteiger partial charge in [-0.3, -0.25) is 9.36 Å². The first-order chi connectivity index (χ1) is 26.1. The topological polar surface area (TPSA) is 228 Å². The number of fused-ring (bicyclic) bond motifs is 1. The highest BCUT2D eigenvalue weighted by atomic mass is 32.1. The first-order valence-electron chi connectivity index (χ1n) is 17.0. The van der Waals surface area contributed by atoms with Gasteiger partial charge in [0.15, 0.2) is 40.5 Å². The molecule has 3 aliphatic heterocycles. The summed E-state index contributed by atoms with van der Waals surface area (Å²) in [5.74, 6) is 2.07. The third-order valence-electron chi connectivity index (χ3n) is 9.06. The van der Waals surface area contributed by atoms with E-state index in [0.717, 1.165) is 40.9 Å². The van der Waals surface area contributed by atoms with Crippen molar-refractivity contribution in [2.45, 2.75) is 43.8 Å². The van der Waals surface area contributed by atoms with E-state index in [2.05, 4.69) is 10.3 Å². The van der Waals surface area contributed by atoms with Crippen molar-refractivity contribution in [1.29, 1.82) is 0 Å². The monoisotopic (exact) mass is 785 g/mol. The highest BCUT2D eigenvalue weighted by Gasteiger charge is 2.50. The van der Waals surface area contributed by atoms with Crippen LogP contribution in [0.3, 0.4) is 0 Å². The molecule has 286 valence electrons. The third-order valence-corrected chi connectivity index (χ3v) is 10.5. The largest absolute Gasteiger partial charge is 0.695 e. The number of thiazole rings is 1. The molecule has 2 fully saturated rings. The zero-order valence-corrected chi connectivity index (χ0v) is 30.9. The molecule has 4 aromatic rings. The molecular formula is C34H38N6O12PS+. The second-order valence-electron chi connectivity index (χ2n) is 12.5. The van der Waals surface area contributed by atoms with E-state index in [0.29, 0.717) is 47.0 Å². The van der Waals surface area contributed by atoms with E-state index in [-0.39, 0.29) is 36.3 Å². The Morgan fingerprint density at radius 1 is 1.06 bits per heavy atom. The number of rotatable bonds is 13. The Labute approximate surface area is 313 Å². The lowest BCUT2D eigenvalue weighted by molar-refractivity contribution is -0.129. The lowest BCUT2D eigenvalue weighted by Crippen LogP contribution is -2.37. The molecule has 0 saturated carbocycles. The number of benzene rings is 2. The molecule has 5 heterocycles. The highest BCUT2D eigenvalue weighted by molar-refractivity contribution is 7.32. The summed E-state index contributed by atoms with van der Waals surface area (Å²) in [5, 5.41) is 14.8. The quantitative estimate of drug-likeness (QED) is 0.143. The molecule has 0 aliphatic carbocycles. The number of carbonyl (C=O) groups excluding carboxylic acids is 1. The van der Waals surface area contributed by atoms with Gasteiger partial charge in [0.05, 0.1) is 32.0 Å². The maximum absolute atomic E-state index is 13.3. The molecule has 5 atom stereocenters. The van der Waals surface area contributed by atoms with Crippen LogP contribution in [0.4, 0.5) is 16.6 Å². The van der Waals surface area contributed by atoms with Crippen molar-refractivity contribution in [2.24, 2.45) is 0 Å². The lowest BCUT2D eigenvalue weighted by Gasteiger charge is -2.19. The van der Waals surface area contributed by atoms with E-state index < -0.39 is 38.5 Å². The summed E-state index contributed by atoms with van der Waals surface area (Å²) < 4.78 is 52.6. The van der Waals surface area contributed by atoms with Crippen molar-refractivity contribution < 1.29 is 52.3 Å². The van der Waals surface area contributed by atoms with Crippen LogP contribution < -0.4 is 40.4 Å². The number of amides is 1. The summed E-state index contributed by atoms with van der Waals surface area (Å²) in [6, 6.07) is 10.1. The molecule has 1 unspecified atom stereocenters. The molecule has 0 radical (unpaired) electrons. The Bertz CT molecular complexity index is 2090. The first-order valence-corrected chi connectivity index (χ1v) is 18.9. The average molecular weight is 786 g/mol. The standard InChI is InChI=1S/C34H37N6O12PS/c1-46-21-15-22(47-2)24(50-17-25-31(52-53(44)45)30(42)32(51-25)40-10-7-27(35)37-34(40)43)14-19(21)36-33-38-29(18-5-6-20-23(13-18)49-12-11-48-20)26(54-33)16-28(41)39-8-3-4-9-39/h5-7,10,13-15,25,30-32,42H,3-4,8-9,11-12,16-17H2,1-2H3,(H3-,35,36,37,38,43,44,45)/p+1/t25-,30-,31-,32-/m1/s1. The molecule has 2 aromatic heterocycles. The Kier molecular flexibility index (Phi) is 11.1. The van der Waals surface area contributed by atoms with Crippen LogP contribution in [0.15, 0.2) is 47.4 Å². The molecule has 0 spiro atoms. The van der Waals surface area contributed by atoms with E-state index in [1.54, 1.807) is 12.1 Å². The normalized spacial score (nSPS) is 20.8. The van der Waals surface area contributed by atoms with Gasteiger partial charge in [-0.05, 0) is 37.1 Å². The first kappa shape index (κ1) is 37.3. The van der Waals surface area contributed by atoms with E-state index in [9.17, 15) is 24.2 Å². The average Bonchev–Trinajstić information content (AvgIpc) is 3.91. The number of carbonyl (C=O) groups is 1. The van der Waals surface area contributed by atoms with E-state index >= 15 is 0 Å². The zero-order valence-electron chi connectivity index (χ0n) is 29.2. The fourth-order valence-corrected chi connectivity index (χ4v) is 7.92. The maximum atomic E-state index is 13.3. The van der Waals surface area contributed by atoms with Crippen LogP contribution >= 0.6 is 19.6 Å². The number of nitrogens with zero attached hydrogens (tertiary/aromatic N) is 4. The van der Waals surface area contributed by atoms with Gasteiger partial charge in [0.2, 0.25) is 5.91 Å². The Morgan fingerprint density at radius 2 is 1.81 bits per heavy atom. The second-order valence-corrected chi connectivity index (χ2v) is 14.2. The number of hydrogen-bond acceptors (Lipinski definition) is 16. The van der Waals surface area contributed by atoms with Crippen molar-refractivity contribution >= 4 is 42.1 Å². The number of aliphatic hydroxyl groups is 1. The molecule has 2 aromatic carbocycles. The maximum Gasteiger partial charge on any atom is 0.695 e. The number of likely N-dealkylation sites (tertiary alicyclic amines) is 1. The molecule has 3 aliphatic rings. The number of methoxy groups -OCH3 is 2. The molecule has 54 heavy (non-hydrogen) atoms. The van der Waals surface area contributed by atoms with Gasteiger partial charge in [-0.25, -0.2) is 9.78 Å². The van der Waals surface area contributed by atoms with Crippen molar-refractivity contribution in [3.05, 3.63) is 58.0 Å². The predicted molar refractivity (Wildman–Crippen MR) is 194 cm³/mol. The van der Waals surface area contributed by atoms with Crippen LogP contribution in [0, 0.1) is 0 Å². The molecule has 0 bridgehead atoms. The Balaban J connectivity index is 1.16. The van der Waals surface area contributed by atoms with E-state index in [4.69, 9.17) is 43.7 Å². The molecule has 1 amide bonds. The van der Waals surface area contributed by atoms with Crippen LogP contribution in [0.1, 0.15) is 23.9 Å². The summed E-state index contributed by atoms with van der Waals surface area (Å²) in [5.41, 5.74) is 6.61. The van der Waals surface area contributed by atoms with Gasteiger partial charge in [-0.1, -0.05) is 0 Å². The van der Waals surface area contributed by atoms with Crippen molar-refractivity contribution in [3.8, 4) is 40.0 Å². The van der Waals surface area contributed by atoms with Gasteiger partial charge in [0.1, 0.15) is 43.6 Å². The third kappa shape index (κ3) is 7.91. The number of nitrogens with two attached hydrogens (primary N) is 1. The minimum atomic E-state index is -3.17. The molecule has 5 N–H and O–H groups in total. The number of hydrogen-bond donors (Lipinski definition) is 4. The number of aliphatic hydroxyl groups excluding tert-OH is 1. The van der Waals surface area contributed by atoms with Gasteiger partial charge in [-0.2, -0.15) is 4.98 Å². The van der Waals surface area contributed by atoms with Crippen LogP contribution in [0.5, 0.6) is 28.7 Å². The fourth-order valence-electron chi connectivity index (χ4n) is 6.46. The number of aromatic nitrogens is 3. The van der Waals surface area contributed by atoms with E-state index in [1.165, 1.54) is 37.8 Å². The summed E-state index contributed by atoms with van der Waals surface area (Å²) in [6.45, 7) is 2.02. The Hall–Kier alpha value is -5.04. The molecule has 20 heteroatoms. The molecule has 7 rings (SSSR count). The van der Waals surface area contributed by atoms with Gasteiger partial charge in [0.25, 0.3) is 0 Å². The summed E-state index contributed by atoms with van der Waals surface area (Å²) >= 11 is 1.32. The van der Waals surface area contributed by atoms with Crippen molar-refractivity contribution in [2.75, 3.05) is 58.2 Å². The Morgan fingerprint density at radius 3 is 2.54 bits per heavy atom. The second kappa shape index (κ2) is 16.1. The zero-order chi connectivity index (χ0) is 37.9. The number of ether oxygens (including phenoxy) is 6. The molecular weight excluding hydrogens is 747 g/mol. The highest BCUT2D eigenvalue weighted by Crippen LogP contribution is 2.43. The lowest BCUT2D eigenvalue weighted by atomic mass is 10.1. The predicted octanol–water partition coefficient (Wildman–Crippen LogP) is 3.02. The van der Waals surface area contributed by atoms with Crippen LogP contribution in [0.2, 0.25) is 0 Å². The number of anilines is 3. The minimum Gasteiger partial charge on any atom is -0.494 e. The summed E-state index contributed by atoms with van der Waals surface area (Å²) in [7, 11) is -0.245. The smallest absolute Gasteiger partial charge is 0.494 e. The van der Waals surface area contributed by atoms with Gasteiger partial charge < -0.3 is 49.5 Å². The van der Waals surface area contributed by atoms with Gasteiger partial charge >= 0.3 is 13.9 Å². The molecule has 18 nitrogen and oxygen atoms in total. The summed E-state index contributed by atoms with van der Waals surface area (Å²) in [4.78, 5) is 46.6. The van der Waals surface area contributed by atoms with Crippen LogP contribution in [0.25, 0.3) is 11.3 Å².